The van der Waals surface area contributed by atoms with Gasteiger partial charge in [-0.05, 0) is 24.1 Å². The van der Waals surface area contributed by atoms with E-state index < -0.39 is 5.97 Å². The Balaban J connectivity index is 2.22. The summed E-state index contributed by atoms with van der Waals surface area (Å²) in [5, 5.41) is 12.5. The molecule has 0 aliphatic rings. The maximum Gasteiger partial charge on any atom is 0.337 e. The van der Waals surface area contributed by atoms with Crippen molar-refractivity contribution in [3.05, 3.63) is 53.6 Å². The van der Waals surface area contributed by atoms with Gasteiger partial charge in [0.05, 0.1) is 25.5 Å². The number of aromatic carboxylic acids is 1. The van der Waals surface area contributed by atoms with Crippen molar-refractivity contribution < 1.29 is 19.4 Å². The van der Waals surface area contributed by atoms with Crippen molar-refractivity contribution in [3.8, 4) is 11.5 Å². The van der Waals surface area contributed by atoms with Crippen LogP contribution < -0.4 is 14.8 Å². The molecule has 22 heavy (non-hydrogen) atoms. The summed E-state index contributed by atoms with van der Waals surface area (Å²) in [5.41, 5.74) is 1.77. The zero-order valence-corrected chi connectivity index (χ0v) is 12.6. The lowest BCUT2D eigenvalue weighted by atomic mass is 10.1. The fourth-order valence-corrected chi connectivity index (χ4v) is 2.26. The van der Waals surface area contributed by atoms with E-state index in [1.165, 1.54) is 25.8 Å². The molecule has 5 heteroatoms. The second kappa shape index (κ2) is 7.36. The van der Waals surface area contributed by atoms with Gasteiger partial charge in [0.2, 0.25) is 0 Å². The Morgan fingerprint density at radius 2 is 1.82 bits per heavy atom. The van der Waals surface area contributed by atoms with Gasteiger partial charge in [-0.25, -0.2) is 4.79 Å². The number of carbonyl (C=O) groups is 1. The van der Waals surface area contributed by atoms with Crippen molar-refractivity contribution in [3.63, 3.8) is 0 Å². The summed E-state index contributed by atoms with van der Waals surface area (Å²) in [7, 11) is 3.01. The molecule has 0 unspecified atom stereocenters. The first-order valence-corrected chi connectivity index (χ1v) is 6.93. The molecular formula is C17H19NO4. The largest absolute Gasteiger partial charge is 0.493 e. The second-order valence-corrected chi connectivity index (χ2v) is 4.69. The molecule has 0 radical (unpaired) electrons. The predicted octanol–water partition coefficient (Wildman–Crippen LogP) is 3.06. The molecule has 0 heterocycles. The van der Waals surface area contributed by atoms with Gasteiger partial charge in [-0.3, -0.25) is 0 Å². The molecule has 0 saturated heterocycles. The maximum atomic E-state index is 11.4. The molecule has 5 nitrogen and oxygen atoms in total. The summed E-state index contributed by atoms with van der Waals surface area (Å²) in [4.78, 5) is 11.4. The van der Waals surface area contributed by atoms with E-state index in [1.807, 2.05) is 30.3 Å². The van der Waals surface area contributed by atoms with Gasteiger partial charge in [-0.15, -0.1) is 0 Å². The Morgan fingerprint density at radius 3 is 2.41 bits per heavy atom. The molecule has 0 aliphatic heterocycles. The summed E-state index contributed by atoms with van der Waals surface area (Å²) < 4.78 is 10.5. The molecule has 2 N–H and O–H groups in total. The molecule has 0 saturated carbocycles. The number of nitrogens with one attached hydrogen (secondary N) is 1. The highest BCUT2D eigenvalue weighted by Gasteiger charge is 2.18. The highest BCUT2D eigenvalue weighted by molar-refractivity contribution is 5.96. The van der Waals surface area contributed by atoms with Crippen LogP contribution in [-0.2, 0) is 6.42 Å². The Labute approximate surface area is 129 Å². The minimum absolute atomic E-state index is 0.158. The van der Waals surface area contributed by atoms with Crippen molar-refractivity contribution in [1.82, 2.24) is 0 Å². The number of carboxylic acids is 1. The molecule has 0 amide bonds. The number of benzene rings is 2. The normalized spacial score (nSPS) is 10.1. The Morgan fingerprint density at radius 1 is 1.09 bits per heavy atom. The fraction of sp³-hybridized carbons (Fsp3) is 0.235. The first-order chi connectivity index (χ1) is 10.7. The number of ether oxygens (including phenoxy) is 2. The number of rotatable bonds is 7. The van der Waals surface area contributed by atoms with E-state index in [0.717, 1.165) is 6.42 Å². The van der Waals surface area contributed by atoms with Gasteiger partial charge in [0.25, 0.3) is 0 Å². The van der Waals surface area contributed by atoms with E-state index in [2.05, 4.69) is 5.32 Å². The number of methoxy groups -OCH3 is 2. The van der Waals surface area contributed by atoms with Crippen LogP contribution in [0, 0.1) is 0 Å². The molecule has 0 fully saturated rings. The lowest BCUT2D eigenvalue weighted by Crippen LogP contribution is -2.11. The molecule has 0 spiro atoms. The Hall–Kier alpha value is -2.69. The third-order valence-corrected chi connectivity index (χ3v) is 3.33. The molecule has 0 atom stereocenters. The molecule has 0 aliphatic carbocycles. The minimum atomic E-state index is -1.01. The van der Waals surface area contributed by atoms with Gasteiger partial charge in [0.15, 0.2) is 11.5 Å². The Bertz CT molecular complexity index is 641. The van der Waals surface area contributed by atoms with Crippen molar-refractivity contribution in [2.45, 2.75) is 6.42 Å². The van der Waals surface area contributed by atoms with E-state index >= 15 is 0 Å². The number of anilines is 1. The highest BCUT2D eigenvalue weighted by Crippen LogP contribution is 2.37. The zero-order valence-electron chi connectivity index (χ0n) is 12.6. The maximum absolute atomic E-state index is 11.4. The summed E-state index contributed by atoms with van der Waals surface area (Å²) in [5.74, 6) is -0.117. The van der Waals surface area contributed by atoms with Crippen LogP contribution in [0.2, 0.25) is 0 Å². The monoisotopic (exact) mass is 301 g/mol. The van der Waals surface area contributed by atoms with Gasteiger partial charge in [0, 0.05) is 6.54 Å². The smallest absolute Gasteiger partial charge is 0.337 e. The van der Waals surface area contributed by atoms with Crippen molar-refractivity contribution in [2.24, 2.45) is 0 Å². The number of carboxylic acid groups (broad SMARTS) is 1. The van der Waals surface area contributed by atoms with Crippen molar-refractivity contribution in [2.75, 3.05) is 26.1 Å². The molecule has 116 valence electrons. The molecular weight excluding hydrogens is 282 g/mol. The number of hydrogen-bond acceptors (Lipinski definition) is 4. The van der Waals surface area contributed by atoms with Crippen LogP contribution in [0.3, 0.4) is 0 Å². The van der Waals surface area contributed by atoms with E-state index in [-0.39, 0.29) is 5.56 Å². The second-order valence-electron chi connectivity index (χ2n) is 4.69. The van der Waals surface area contributed by atoms with Crippen LogP contribution in [0.4, 0.5) is 5.69 Å². The van der Waals surface area contributed by atoms with Crippen LogP contribution in [0.5, 0.6) is 11.5 Å². The lowest BCUT2D eigenvalue weighted by Gasteiger charge is -2.16. The summed E-state index contributed by atoms with van der Waals surface area (Å²) in [6.07, 6.45) is 0.778. The highest BCUT2D eigenvalue weighted by atomic mass is 16.5. The molecule has 2 rings (SSSR count). The summed E-state index contributed by atoms with van der Waals surface area (Å²) in [6.45, 7) is 0.591. The van der Waals surface area contributed by atoms with Crippen LogP contribution in [-0.4, -0.2) is 31.8 Å². The molecule has 0 aromatic heterocycles. The van der Waals surface area contributed by atoms with E-state index in [4.69, 9.17) is 9.47 Å². The van der Waals surface area contributed by atoms with Crippen molar-refractivity contribution in [1.29, 1.82) is 0 Å². The summed E-state index contributed by atoms with van der Waals surface area (Å²) in [6, 6.07) is 13.1. The first kappa shape index (κ1) is 15.7. The zero-order chi connectivity index (χ0) is 15.9. The van der Waals surface area contributed by atoms with Gasteiger partial charge in [-0.1, -0.05) is 30.3 Å². The fourth-order valence-electron chi connectivity index (χ4n) is 2.26. The SMILES string of the molecule is COc1ccc(C(=O)O)c(NCCc2ccccc2)c1OC. The molecule has 2 aromatic rings. The molecule has 2 aromatic carbocycles. The van der Waals surface area contributed by atoms with Crippen LogP contribution in [0.15, 0.2) is 42.5 Å². The topological polar surface area (TPSA) is 67.8 Å². The van der Waals surface area contributed by atoms with Gasteiger partial charge < -0.3 is 19.9 Å². The van der Waals surface area contributed by atoms with Gasteiger partial charge in [0.1, 0.15) is 0 Å². The quantitative estimate of drug-likeness (QED) is 0.822. The predicted molar refractivity (Wildman–Crippen MR) is 85.1 cm³/mol. The van der Waals surface area contributed by atoms with E-state index in [1.54, 1.807) is 6.07 Å². The van der Waals surface area contributed by atoms with Crippen LogP contribution >= 0.6 is 0 Å². The number of hydrogen-bond donors (Lipinski definition) is 2. The molecule has 0 bridgehead atoms. The third kappa shape index (κ3) is 3.49. The van der Waals surface area contributed by atoms with Crippen molar-refractivity contribution >= 4 is 11.7 Å². The van der Waals surface area contributed by atoms with Crippen LogP contribution in [0.25, 0.3) is 0 Å². The average Bonchev–Trinajstić information content (AvgIpc) is 2.54. The standard InChI is InChI=1S/C17H19NO4/c1-21-14-9-8-13(17(19)20)15(16(14)22-2)18-11-10-12-6-4-3-5-7-12/h3-9,18H,10-11H2,1-2H3,(H,19,20). The first-order valence-electron chi connectivity index (χ1n) is 6.93. The van der Waals surface area contributed by atoms with E-state index in [9.17, 15) is 9.90 Å². The average molecular weight is 301 g/mol. The lowest BCUT2D eigenvalue weighted by molar-refractivity contribution is 0.0697. The van der Waals surface area contributed by atoms with Gasteiger partial charge >= 0.3 is 5.97 Å². The summed E-state index contributed by atoms with van der Waals surface area (Å²) >= 11 is 0. The minimum Gasteiger partial charge on any atom is -0.493 e. The van der Waals surface area contributed by atoms with E-state index in [0.29, 0.717) is 23.7 Å². The van der Waals surface area contributed by atoms with Gasteiger partial charge in [-0.2, -0.15) is 0 Å². The van der Waals surface area contributed by atoms with Crippen LogP contribution in [0.1, 0.15) is 15.9 Å². The third-order valence-electron chi connectivity index (χ3n) is 3.33. The Kier molecular flexibility index (Phi) is 5.25.